The average Bonchev–Trinajstić information content (AvgIpc) is 2.90. The molecule has 0 bridgehead atoms. The van der Waals surface area contributed by atoms with E-state index in [4.69, 9.17) is 9.47 Å². The van der Waals surface area contributed by atoms with Crippen LogP contribution in [0, 0.1) is 5.92 Å². The third-order valence-electron chi connectivity index (χ3n) is 4.01. The van der Waals surface area contributed by atoms with Crippen LogP contribution in [0.25, 0.3) is 0 Å². The molecule has 0 aliphatic heterocycles. The van der Waals surface area contributed by atoms with Gasteiger partial charge in [0, 0.05) is 11.3 Å². The number of carbonyl (C=O) groups is 2. The molecule has 1 heterocycles. The fourth-order valence-electron chi connectivity index (χ4n) is 3.17. The summed E-state index contributed by atoms with van der Waals surface area (Å²) in [6.45, 7) is 7.63. The largest absolute Gasteiger partial charge is 0.461 e. The van der Waals surface area contributed by atoms with Crippen molar-refractivity contribution in [3.05, 3.63) is 17.0 Å². The molecule has 6 heteroatoms. The number of esters is 2. The van der Waals surface area contributed by atoms with Gasteiger partial charge in [0.2, 0.25) is 0 Å². The van der Waals surface area contributed by atoms with Crippen molar-refractivity contribution in [3.8, 4) is 0 Å². The summed E-state index contributed by atoms with van der Waals surface area (Å²) in [5.74, 6) is 0.288. The van der Waals surface area contributed by atoms with Crippen LogP contribution < -0.4 is 0 Å². The third kappa shape index (κ3) is 2.74. The van der Waals surface area contributed by atoms with E-state index in [9.17, 15) is 9.59 Å². The minimum atomic E-state index is -0.528. The third-order valence-corrected chi connectivity index (χ3v) is 4.01. The maximum atomic E-state index is 12.1. The Labute approximate surface area is 129 Å². The molecule has 6 nitrogen and oxygen atoms in total. The van der Waals surface area contributed by atoms with Crippen LogP contribution in [-0.4, -0.2) is 33.9 Å². The van der Waals surface area contributed by atoms with Crippen molar-refractivity contribution in [2.24, 2.45) is 5.92 Å². The van der Waals surface area contributed by atoms with Crippen molar-refractivity contribution in [2.45, 2.75) is 58.6 Å². The van der Waals surface area contributed by atoms with Crippen molar-refractivity contribution in [1.82, 2.24) is 9.78 Å². The highest BCUT2D eigenvalue weighted by molar-refractivity contribution is 5.90. The molecular weight excluding hydrogens is 284 g/mol. The second-order valence-corrected chi connectivity index (χ2v) is 6.98. The maximum Gasteiger partial charge on any atom is 0.359 e. The summed E-state index contributed by atoms with van der Waals surface area (Å²) in [5, 5.41) is 4.34. The zero-order valence-electron chi connectivity index (χ0n) is 13.5. The lowest BCUT2D eigenvalue weighted by Crippen LogP contribution is -2.27. The van der Waals surface area contributed by atoms with Gasteiger partial charge in [-0.15, -0.1) is 0 Å². The Morgan fingerprint density at radius 2 is 2.09 bits per heavy atom. The number of rotatable bonds is 4. The smallest absolute Gasteiger partial charge is 0.359 e. The van der Waals surface area contributed by atoms with Gasteiger partial charge in [0.1, 0.15) is 12.1 Å². The van der Waals surface area contributed by atoms with Gasteiger partial charge >= 0.3 is 11.9 Å². The summed E-state index contributed by atoms with van der Waals surface area (Å²) in [6, 6.07) is 0. The highest BCUT2D eigenvalue weighted by atomic mass is 16.6. The van der Waals surface area contributed by atoms with E-state index in [1.807, 2.05) is 20.8 Å². The molecule has 22 heavy (non-hydrogen) atoms. The predicted octanol–water partition coefficient (Wildman–Crippen LogP) is 2.06. The van der Waals surface area contributed by atoms with Gasteiger partial charge in [-0.05, 0) is 52.4 Å². The van der Waals surface area contributed by atoms with E-state index < -0.39 is 11.6 Å². The van der Waals surface area contributed by atoms with Crippen molar-refractivity contribution in [2.75, 3.05) is 6.61 Å². The number of ether oxygens (including phenoxy) is 2. The van der Waals surface area contributed by atoms with Crippen LogP contribution in [0.3, 0.4) is 0 Å². The Hall–Kier alpha value is -1.85. The predicted molar refractivity (Wildman–Crippen MR) is 78.6 cm³/mol. The molecule has 3 rings (SSSR count). The lowest BCUT2D eigenvalue weighted by Gasteiger charge is -2.19. The highest BCUT2D eigenvalue weighted by Gasteiger charge is 2.50. The first-order chi connectivity index (χ1) is 10.3. The van der Waals surface area contributed by atoms with E-state index >= 15 is 0 Å². The van der Waals surface area contributed by atoms with E-state index in [0.29, 0.717) is 24.1 Å². The van der Waals surface area contributed by atoms with E-state index in [2.05, 4.69) is 5.10 Å². The number of hydrogen-bond acceptors (Lipinski definition) is 5. The van der Waals surface area contributed by atoms with Gasteiger partial charge < -0.3 is 9.47 Å². The molecule has 1 fully saturated rings. The molecule has 1 aromatic heterocycles. The number of hydrogen-bond donors (Lipinski definition) is 0. The van der Waals surface area contributed by atoms with Gasteiger partial charge in [-0.25, -0.2) is 4.79 Å². The van der Waals surface area contributed by atoms with Crippen LogP contribution >= 0.6 is 0 Å². The van der Waals surface area contributed by atoms with Crippen molar-refractivity contribution < 1.29 is 19.1 Å². The summed E-state index contributed by atoms with van der Waals surface area (Å²) in [6.07, 6.45) is 1.99. The molecule has 1 saturated carbocycles. The van der Waals surface area contributed by atoms with Crippen molar-refractivity contribution in [3.63, 3.8) is 0 Å². The first kappa shape index (κ1) is 15.1. The molecule has 0 aromatic carbocycles. The minimum Gasteiger partial charge on any atom is -0.461 e. The van der Waals surface area contributed by atoms with Gasteiger partial charge in [-0.2, -0.15) is 5.10 Å². The fraction of sp³-hybridized carbons (Fsp3) is 0.688. The molecule has 0 N–H and O–H groups in total. The lowest BCUT2D eigenvalue weighted by molar-refractivity contribution is -0.155. The Bertz CT molecular complexity index is 627. The molecule has 120 valence electrons. The van der Waals surface area contributed by atoms with Gasteiger partial charge in [-0.3, -0.25) is 9.48 Å². The number of carbonyl (C=O) groups excluding carboxylic acids is 2. The van der Waals surface area contributed by atoms with Crippen LogP contribution in [-0.2, 0) is 27.2 Å². The molecule has 0 radical (unpaired) electrons. The molecule has 0 unspecified atom stereocenters. The molecule has 1 aromatic rings. The van der Waals surface area contributed by atoms with Gasteiger partial charge in [0.15, 0.2) is 5.69 Å². The molecule has 0 spiro atoms. The van der Waals surface area contributed by atoms with Gasteiger partial charge in [0.05, 0.1) is 6.61 Å². The fourth-order valence-corrected chi connectivity index (χ4v) is 3.17. The van der Waals surface area contributed by atoms with E-state index in [0.717, 1.165) is 24.1 Å². The topological polar surface area (TPSA) is 70.4 Å². The van der Waals surface area contributed by atoms with Crippen LogP contribution in [0.1, 0.15) is 61.8 Å². The second kappa shape index (κ2) is 5.11. The van der Waals surface area contributed by atoms with E-state index in [1.165, 1.54) is 0 Å². The first-order valence-electron chi connectivity index (χ1n) is 7.78. The molecule has 2 atom stereocenters. The summed E-state index contributed by atoms with van der Waals surface area (Å²) in [4.78, 5) is 24.1. The quantitative estimate of drug-likeness (QED) is 0.796. The molecule has 2 aliphatic rings. The monoisotopic (exact) mass is 306 g/mol. The Morgan fingerprint density at radius 1 is 1.36 bits per heavy atom. The first-order valence-corrected chi connectivity index (χ1v) is 7.78. The molecule has 2 aliphatic carbocycles. The molecule has 0 saturated heterocycles. The van der Waals surface area contributed by atoms with Gasteiger partial charge in [-0.1, -0.05) is 0 Å². The van der Waals surface area contributed by atoms with Crippen LogP contribution in [0.4, 0.5) is 0 Å². The zero-order valence-corrected chi connectivity index (χ0v) is 13.5. The minimum absolute atomic E-state index is 0.0401. The second-order valence-electron chi connectivity index (χ2n) is 6.98. The van der Waals surface area contributed by atoms with Crippen molar-refractivity contribution >= 4 is 11.9 Å². The summed E-state index contributed by atoms with van der Waals surface area (Å²) in [7, 11) is 0. The van der Waals surface area contributed by atoms with Gasteiger partial charge in [0.25, 0.3) is 0 Å². The Balaban J connectivity index is 1.84. The summed E-state index contributed by atoms with van der Waals surface area (Å²) in [5.41, 5.74) is 1.84. The SMILES string of the molecule is CCOC(=O)c1nn(CC(=O)OC(C)(C)C)c2c1[C@@H]1C[C@@H]1C2. The number of fused-ring (bicyclic) bond motifs is 3. The highest BCUT2D eigenvalue weighted by Crippen LogP contribution is 2.57. The van der Waals surface area contributed by atoms with Crippen LogP contribution in [0.5, 0.6) is 0 Å². The Morgan fingerprint density at radius 3 is 2.73 bits per heavy atom. The maximum absolute atomic E-state index is 12.1. The van der Waals surface area contributed by atoms with E-state index in [1.54, 1.807) is 11.6 Å². The van der Waals surface area contributed by atoms with Crippen LogP contribution in [0.2, 0.25) is 0 Å². The summed E-state index contributed by atoms with van der Waals surface area (Å²) >= 11 is 0. The molecular formula is C16H22N2O4. The normalized spacial score (nSPS) is 22.0. The number of aromatic nitrogens is 2. The summed E-state index contributed by atoms with van der Waals surface area (Å²) < 4.78 is 12.1. The lowest BCUT2D eigenvalue weighted by atomic mass is 10.1. The van der Waals surface area contributed by atoms with Crippen LogP contribution in [0.15, 0.2) is 0 Å². The molecule has 0 amide bonds. The standard InChI is InChI=1S/C16H22N2O4/c1-5-21-15(20)14-13-10-6-9(10)7-11(13)18(17-14)8-12(19)22-16(2,3)4/h9-10H,5-8H2,1-4H3/t9-,10-/m1/s1. The average molecular weight is 306 g/mol. The van der Waals surface area contributed by atoms with E-state index in [-0.39, 0.29) is 12.5 Å². The van der Waals surface area contributed by atoms with Crippen molar-refractivity contribution in [1.29, 1.82) is 0 Å². The number of nitrogens with zero attached hydrogens (tertiary/aromatic N) is 2. The zero-order chi connectivity index (χ0) is 16.1. The Kier molecular flexibility index (Phi) is 3.50.